The van der Waals surface area contributed by atoms with E-state index in [-0.39, 0.29) is 11.5 Å². The third-order valence-corrected chi connectivity index (χ3v) is 4.08. The van der Waals surface area contributed by atoms with Gasteiger partial charge in [-0.15, -0.1) is 0 Å². The van der Waals surface area contributed by atoms with Gasteiger partial charge in [-0.05, 0) is 39.2 Å². The SMILES string of the molecule is CCOc1ccc(C)cc1C(C)NC(=O)/C(C#N)=C\NC(CC(C)C)C(=O)O. The third-order valence-electron chi connectivity index (χ3n) is 4.08. The number of hydrogen-bond acceptors (Lipinski definition) is 5. The number of benzene rings is 1. The normalized spacial score (nSPS) is 13.4. The second kappa shape index (κ2) is 11.0. The maximum absolute atomic E-state index is 12.5. The molecule has 28 heavy (non-hydrogen) atoms. The molecular weight excluding hydrogens is 358 g/mol. The second-order valence-corrected chi connectivity index (χ2v) is 7.03. The summed E-state index contributed by atoms with van der Waals surface area (Å²) in [5.41, 5.74) is 1.64. The van der Waals surface area contributed by atoms with E-state index in [2.05, 4.69) is 10.6 Å². The summed E-state index contributed by atoms with van der Waals surface area (Å²) in [6, 6.07) is 6.26. The third kappa shape index (κ3) is 6.95. The Kier molecular flexibility index (Phi) is 9.03. The first-order valence-electron chi connectivity index (χ1n) is 9.32. The van der Waals surface area contributed by atoms with Gasteiger partial charge in [0.15, 0.2) is 0 Å². The van der Waals surface area contributed by atoms with Crippen LogP contribution in [-0.4, -0.2) is 29.6 Å². The number of nitriles is 1. The van der Waals surface area contributed by atoms with Crippen LogP contribution in [0.15, 0.2) is 30.0 Å². The number of aryl methyl sites for hydroxylation is 1. The number of carboxylic acid groups (broad SMARTS) is 1. The fourth-order valence-electron chi connectivity index (χ4n) is 2.69. The number of carbonyl (C=O) groups excluding carboxylic acids is 1. The molecule has 2 unspecified atom stereocenters. The predicted octanol–water partition coefficient (Wildman–Crippen LogP) is 3.07. The molecule has 0 aliphatic rings. The zero-order valence-corrected chi connectivity index (χ0v) is 17.1. The molecule has 0 radical (unpaired) electrons. The monoisotopic (exact) mass is 387 g/mol. The molecule has 1 aromatic carbocycles. The molecule has 0 aliphatic heterocycles. The van der Waals surface area contributed by atoms with E-state index in [9.17, 15) is 20.0 Å². The summed E-state index contributed by atoms with van der Waals surface area (Å²) in [4.78, 5) is 23.8. The van der Waals surface area contributed by atoms with Crippen LogP contribution >= 0.6 is 0 Å². The van der Waals surface area contributed by atoms with E-state index < -0.39 is 24.0 Å². The number of aliphatic carboxylic acids is 1. The van der Waals surface area contributed by atoms with Crippen molar-refractivity contribution in [3.8, 4) is 11.8 Å². The Morgan fingerprint density at radius 2 is 2.00 bits per heavy atom. The average molecular weight is 387 g/mol. The van der Waals surface area contributed by atoms with Crippen molar-refractivity contribution >= 4 is 11.9 Å². The Morgan fingerprint density at radius 1 is 1.32 bits per heavy atom. The number of ether oxygens (including phenoxy) is 1. The van der Waals surface area contributed by atoms with Gasteiger partial charge in [-0.25, -0.2) is 4.79 Å². The van der Waals surface area contributed by atoms with Crippen LogP contribution < -0.4 is 15.4 Å². The summed E-state index contributed by atoms with van der Waals surface area (Å²) in [5.74, 6) is -0.790. The topological polar surface area (TPSA) is 111 Å². The van der Waals surface area contributed by atoms with Crippen LogP contribution in [0, 0.1) is 24.2 Å². The summed E-state index contributed by atoms with van der Waals surface area (Å²) in [7, 11) is 0. The van der Waals surface area contributed by atoms with E-state index in [0.717, 1.165) is 11.1 Å². The van der Waals surface area contributed by atoms with Crippen LogP contribution in [0.25, 0.3) is 0 Å². The van der Waals surface area contributed by atoms with E-state index in [1.165, 1.54) is 6.20 Å². The minimum Gasteiger partial charge on any atom is -0.494 e. The van der Waals surface area contributed by atoms with Crippen molar-refractivity contribution in [3.05, 3.63) is 41.1 Å². The smallest absolute Gasteiger partial charge is 0.326 e. The lowest BCUT2D eigenvalue weighted by Crippen LogP contribution is -2.36. The van der Waals surface area contributed by atoms with Crippen LogP contribution in [0.2, 0.25) is 0 Å². The molecule has 0 fully saturated rings. The van der Waals surface area contributed by atoms with Crippen molar-refractivity contribution in [3.63, 3.8) is 0 Å². The Morgan fingerprint density at radius 3 is 2.54 bits per heavy atom. The van der Waals surface area contributed by atoms with Gasteiger partial charge < -0.3 is 20.5 Å². The Hall–Kier alpha value is -3.01. The summed E-state index contributed by atoms with van der Waals surface area (Å²) < 4.78 is 5.62. The molecule has 2 atom stereocenters. The lowest BCUT2D eigenvalue weighted by molar-refractivity contribution is -0.139. The van der Waals surface area contributed by atoms with Crippen molar-refractivity contribution in [2.24, 2.45) is 5.92 Å². The van der Waals surface area contributed by atoms with Crippen LogP contribution in [0.1, 0.15) is 51.3 Å². The molecule has 1 amide bonds. The summed E-state index contributed by atoms with van der Waals surface area (Å²) in [5, 5.41) is 24.0. The zero-order chi connectivity index (χ0) is 21.3. The quantitative estimate of drug-likeness (QED) is 0.420. The van der Waals surface area contributed by atoms with Crippen molar-refractivity contribution < 1.29 is 19.4 Å². The Bertz CT molecular complexity index is 765. The summed E-state index contributed by atoms with van der Waals surface area (Å²) >= 11 is 0. The minimum absolute atomic E-state index is 0.152. The fraction of sp³-hybridized carbons (Fsp3) is 0.476. The molecule has 0 saturated carbocycles. The number of amides is 1. The molecule has 0 saturated heterocycles. The van der Waals surface area contributed by atoms with E-state index in [1.807, 2.05) is 52.0 Å². The Labute approximate surface area is 166 Å². The van der Waals surface area contributed by atoms with Gasteiger partial charge in [0.25, 0.3) is 5.91 Å². The number of nitrogens with zero attached hydrogens (tertiary/aromatic N) is 1. The molecule has 7 nitrogen and oxygen atoms in total. The summed E-state index contributed by atoms with van der Waals surface area (Å²) in [6.45, 7) is 9.93. The van der Waals surface area contributed by atoms with Gasteiger partial charge in [-0.1, -0.05) is 31.5 Å². The van der Waals surface area contributed by atoms with Crippen LogP contribution in [-0.2, 0) is 9.59 Å². The molecule has 7 heteroatoms. The van der Waals surface area contributed by atoms with Gasteiger partial charge >= 0.3 is 5.97 Å². The van der Waals surface area contributed by atoms with E-state index in [0.29, 0.717) is 18.8 Å². The van der Waals surface area contributed by atoms with E-state index in [1.54, 1.807) is 6.92 Å². The van der Waals surface area contributed by atoms with Crippen LogP contribution in [0.4, 0.5) is 0 Å². The average Bonchev–Trinajstić information content (AvgIpc) is 2.62. The highest BCUT2D eigenvalue weighted by Crippen LogP contribution is 2.26. The van der Waals surface area contributed by atoms with Crippen molar-refractivity contribution in [1.82, 2.24) is 10.6 Å². The molecule has 0 spiro atoms. The highest BCUT2D eigenvalue weighted by atomic mass is 16.5. The first kappa shape index (κ1) is 23.0. The molecular formula is C21H29N3O4. The molecule has 0 heterocycles. The van der Waals surface area contributed by atoms with Crippen molar-refractivity contribution in [1.29, 1.82) is 5.26 Å². The maximum Gasteiger partial charge on any atom is 0.326 e. The number of nitrogens with one attached hydrogen (secondary N) is 2. The lowest BCUT2D eigenvalue weighted by Gasteiger charge is -2.19. The first-order chi connectivity index (χ1) is 13.2. The van der Waals surface area contributed by atoms with Gasteiger partial charge in [0, 0.05) is 11.8 Å². The van der Waals surface area contributed by atoms with E-state index >= 15 is 0 Å². The largest absolute Gasteiger partial charge is 0.494 e. The van der Waals surface area contributed by atoms with Crippen molar-refractivity contribution in [2.75, 3.05) is 6.61 Å². The number of carbonyl (C=O) groups is 2. The first-order valence-corrected chi connectivity index (χ1v) is 9.32. The highest BCUT2D eigenvalue weighted by Gasteiger charge is 2.20. The standard InChI is InChI=1S/C21H29N3O4/c1-6-28-19-8-7-14(4)10-17(19)15(5)24-20(25)16(11-22)12-23-18(21(26)27)9-13(2)3/h7-8,10,12-13,15,18,23H,6,9H2,1-5H3,(H,24,25)(H,26,27)/b16-12-. The summed E-state index contributed by atoms with van der Waals surface area (Å²) in [6.07, 6.45) is 1.55. The van der Waals surface area contributed by atoms with Gasteiger partial charge in [-0.3, -0.25) is 4.79 Å². The highest BCUT2D eigenvalue weighted by molar-refractivity contribution is 5.97. The maximum atomic E-state index is 12.5. The molecule has 0 bridgehead atoms. The van der Waals surface area contributed by atoms with Gasteiger partial charge in [0.05, 0.1) is 12.6 Å². The van der Waals surface area contributed by atoms with Crippen LogP contribution in [0.3, 0.4) is 0 Å². The van der Waals surface area contributed by atoms with Crippen LogP contribution in [0.5, 0.6) is 5.75 Å². The zero-order valence-electron chi connectivity index (χ0n) is 17.1. The fourth-order valence-corrected chi connectivity index (χ4v) is 2.69. The van der Waals surface area contributed by atoms with Gasteiger partial charge in [0.1, 0.15) is 23.4 Å². The van der Waals surface area contributed by atoms with Gasteiger partial charge in [-0.2, -0.15) is 5.26 Å². The number of rotatable bonds is 10. The number of hydrogen-bond donors (Lipinski definition) is 3. The predicted molar refractivity (Wildman–Crippen MR) is 107 cm³/mol. The van der Waals surface area contributed by atoms with Crippen molar-refractivity contribution in [2.45, 2.75) is 53.1 Å². The molecule has 152 valence electrons. The molecule has 0 aromatic heterocycles. The second-order valence-electron chi connectivity index (χ2n) is 7.03. The minimum atomic E-state index is -1.03. The number of carboxylic acids is 1. The molecule has 3 N–H and O–H groups in total. The Balaban J connectivity index is 2.93. The molecule has 1 rings (SSSR count). The van der Waals surface area contributed by atoms with Gasteiger partial charge in [0.2, 0.25) is 0 Å². The molecule has 0 aliphatic carbocycles. The lowest BCUT2D eigenvalue weighted by atomic mass is 10.0. The molecule has 1 aromatic rings. The van der Waals surface area contributed by atoms with E-state index in [4.69, 9.17) is 4.74 Å².